The average molecular weight is 547 g/mol. The van der Waals surface area contributed by atoms with Crippen molar-refractivity contribution in [2.75, 3.05) is 0 Å². The zero-order valence-corrected chi connectivity index (χ0v) is 23.4. The van der Waals surface area contributed by atoms with Gasteiger partial charge in [0.2, 0.25) is 0 Å². The molecule has 2 aromatic heterocycles. The van der Waals surface area contributed by atoms with Crippen LogP contribution in [-0.4, -0.2) is 9.55 Å². The Morgan fingerprint density at radius 1 is 0.395 bits per heavy atom. The van der Waals surface area contributed by atoms with Gasteiger partial charge in [0.25, 0.3) is 0 Å². The molecule has 0 radical (unpaired) electrons. The summed E-state index contributed by atoms with van der Waals surface area (Å²) in [6.45, 7) is 0. The van der Waals surface area contributed by atoms with Crippen LogP contribution in [0.5, 0.6) is 0 Å². The molecule has 43 heavy (non-hydrogen) atoms. The second kappa shape index (κ2) is 9.40. The predicted molar refractivity (Wildman–Crippen MR) is 182 cm³/mol. The first-order chi connectivity index (χ1) is 21.3. The summed E-state index contributed by atoms with van der Waals surface area (Å²) in [7, 11) is 0. The van der Waals surface area contributed by atoms with Gasteiger partial charge in [-0.25, -0.2) is 0 Å². The van der Waals surface area contributed by atoms with Gasteiger partial charge in [0, 0.05) is 33.6 Å². The third kappa shape index (κ3) is 3.63. The summed E-state index contributed by atoms with van der Waals surface area (Å²) in [6, 6.07) is 54.7. The van der Waals surface area contributed by atoms with Crippen LogP contribution in [0.4, 0.5) is 0 Å². The Balaban J connectivity index is 1.36. The molecular weight excluding hydrogens is 520 g/mol. The van der Waals surface area contributed by atoms with E-state index in [1.807, 2.05) is 12.3 Å². The molecule has 0 saturated carbocycles. The molecule has 7 aromatic carbocycles. The number of benzene rings is 7. The minimum Gasteiger partial charge on any atom is -0.309 e. The van der Waals surface area contributed by atoms with Gasteiger partial charge >= 0.3 is 0 Å². The van der Waals surface area contributed by atoms with Crippen molar-refractivity contribution in [2.24, 2.45) is 0 Å². The van der Waals surface area contributed by atoms with Crippen molar-refractivity contribution in [3.63, 3.8) is 0 Å². The molecule has 0 amide bonds. The summed E-state index contributed by atoms with van der Waals surface area (Å²) in [5, 5.41) is 8.63. The summed E-state index contributed by atoms with van der Waals surface area (Å²) >= 11 is 0. The van der Waals surface area contributed by atoms with Gasteiger partial charge in [-0.1, -0.05) is 109 Å². The van der Waals surface area contributed by atoms with Crippen molar-refractivity contribution in [3.05, 3.63) is 158 Å². The van der Waals surface area contributed by atoms with E-state index in [4.69, 9.17) is 4.98 Å². The Morgan fingerprint density at radius 2 is 0.953 bits per heavy atom. The first kappa shape index (κ1) is 23.9. The van der Waals surface area contributed by atoms with Crippen molar-refractivity contribution in [1.29, 1.82) is 0 Å². The lowest BCUT2D eigenvalue weighted by Crippen LogP contribution is -1.93. The third-order valence-electron chi connectivity index (χ3n) is 8.79. The van der Waals surface area contributed by atoms with Gasteiger partial charge in [-0.3, -0.25) is 4.98 Å². The van der Waals surface area contributed by atoms with Crippen molar-refractivity contribution in [1.82, 2.24) is 9.55 Å². The Bertz CT molecular complexity index is 2450. The molecule has 0 saturated heterocycles. The molecule has 9 aromatic rings. The van der Waals surface area contributed by atoms with Crippen molar-refractivity contribution < 1.29 is 0 Å². The number of fused-ring (bicyclic) bond motifs is 6. The van der Waals surface area contributed by atoms with Gasteiger partial charge in [-0.2, -0.15) is 0 Å². The SMILES string of the molecule is c1ccc(-n2c3ccccc3c3cc(-c4c5ccccc5c(-c5cnc6ccccc6c5)c5ccccc45)ccc32)cc1. The minimum absolute atomic E-state index is 1.01. The van der Waals surface area contributed by atoms with Crippen LogP contribution in [0.1, 0.15) is 0 Å². The highest BCUT2D eigenvalue weighted by Crippen LogP contribution is 2.45. The number of aromatic nitrogens is 2. The molecule has 0 unspecified atom stereocenters. The van der Waals surface area contributed by atoms with Crippen LogP contribution in [0.2, 0.25) is 0 Å². The quantitative estimate of drug-likeness (QED) is 0.202. The number of hydrogen-bond donors (Lipinski definition) is 0. The fraction of sp³-hybridized carbons (Fsp3) is 0. The van der Waals surface area contributed by atoms with Gasteiger partial charge in [0.15, 0.2) is 0 Å². The highest BCUT2D eigenvalue weighted by molar-refractivity contribution is 6.22. The number of nitrogens with zero attached hydrogens (tertiary/aromatic N) is 2. The van der Waals surface area contributed by atoms with Gasteiger partial charge in [0.05, 0.1) is 16.6 Å². The van der Waals surface area contributed by atoms with Gasteiger partial charge in [0.1, 0.15) is 0 Å². The highest BCUT2D eigenvalue weighted by Gasteiger charge is 2.19. The lowest BCUT2D eigenvalue weighted by atomic mass is 9.86. The normalized spacial score (nSPS) is 11.7. The number of rotatable bonds is 3. The molecule has 0 N–H and O–H groups in total. The first-order valence-electron chi connectivity index (χ1n) is 14.7. The van der Waals surface area contributed by atoms with Crippen molar-refractivity contribution in [3.8, 4) is 27.9 Å². The lowest BCUT2D eigenvalue weighted by Gasteiger charge is -2.18. The fourth-order valence-electron chi connectivity index (χ4n) is 6.94. The van der Waals surface area contributed by atoms with Crippen LogP contribution in [-0.2, 0) is 0 Å². The number of para-hydroxylation sites is 3. The van der Waals surface area contributed by atoms with E-state index in [9.17, 15) is 0 Å². The van der Waals surface area contributed by atoms with Crippen LogP contribution >= 0.6 is 0 Å². The zero-order valence-electron chi connectivity index (χ0n) is 23.4. The summed E-state index contributed by atoms with van der Waals surface area (Å²) in [4.78, 5) is 4.84. The van der Waals surface area contributed by atoms with E-state index in [-0.39, 0.29) is 0 Å². The molecule has 2 heteroatoms. The summed E-state index contributed by atoms with van der Waals surface area (Å²) in [6.07, 6.45) is 2.03. The maximum absolute atomic E-state index is 4.84. The van der Waals surface area contributed by atoms with E-state index in [1.165, 1.54) is 65.7 Å². The molecule has 0 fully saturated rings. The summed E-state index contributed by atoms with van der Waals surface area (Å²) < 4.78 is 2.38. The van der Waals surface area contributed by atoms with Crippen LogP contribution < -0.4 is 0 Å². The standard InChI is InChI=1S/C41H26N2/c1-2-13-30(14-3-1)43-38-21-11-9-15-31(38)36-25-28(22-23-39(36)43)40-32-16-5-7-18-34(32)41(35-19-8-6-17-33(35)40)29-24-27-12-4-10-20-37(27)42-26-29/h1-26H. The largest absolute Gasteiger partial charge is 0.309 e. The number of hydrogen-bond acceptors (Lipinski definition) is 1. The van der Waals surface area contributed by atoms with Gasteiger partial charge < -0.3 is 4.57 Å². The highest BCUT2D eigenvalue weighted by atomic mass is 15.0. The van der Waals surface area contributed by atoms with Crippen LogP contribution in [0, 0.1) is 0 Å². The summed E-state index contributed by atoms with van der Waals surface area (Å²) in [5.74, 6) is 0. The van der Waals surface area contributed by atoms with E-state index < -0.39 is 0 Å². The van der Waals surface area contributed by atoms with Crippen LogP contribution in [0.25, 0.3) is 82.2 Å². The molecule has 2 heterocycles. The van der Waals surface area contributed by atoms with E-state index in [1.54, 1.807) is 0 Å². The van der Waals surface area contributed by atoms with Crippen molar-refractivity contribution >= 4 is 54.3 Å². The predicted octanol–water partition coefficient (Wildman–Crippen LogP) is 11.0. The second-order valence-corrected chi connectivity index (χ2v) is 11.2. The smallest absolute Gasteiger partial charge is 0.0702 e. The molecule has 0 spiro atoms. The Morgan fingerprint density at radius 3 is 1.67 bits per heavy atom. The Labute approximate surface area is 249 Å². The van der Waals surface area contributed by atoms with E-state index in [0.717, 1.165) is 16.5 Å². The molecule has 0 aliphatic rings. The average Bonchev–Trinajstić information content (AvgIpc) is 3.41. The summed E-state index contributed by atoms with van der Waals surface area (Å²) in [5.41, 5.74) is 9.47. The monoisotopic (exact) mass is 546 g/mol. The Hall–Kier alpha value is -5.73. The number of pyridine rings is 1. The topological polar surface area (TPSA) is 17.8 Å². The molecular formula is C41H26N2. The minimum atomic E-state index is 1.01. The first-order valence-corrected chi connectivity index (χ1v) is 14.7. The Kier molecular flexibility index (Phi) is 5.23. The maximum atomic E-state index is 4.84. The molecule has 0 aliphatic carbocycles. The van der Waals surface area contributed by atoms with Crippen LogP contribution in [0.3, 0.4) is 0 Å². The maximum Gasteiger partial charge on any atom is 0.0702 e. The molecule has 0 atom stereocenters. The van der Waals surface area contributed by atoms with Gasteiger partial charge in [-0.15, -0.1) is 0 Å². The molecule has 0 aliphatic heterocycles. The third-order valence-corrected chi connectivity index (χ3v) is 8.79. The molecule has 2 nitrogen and oxygen atoms in total. The van der Waals surface area contributed by atoms with E-state index >= 15 is 0 Å². The lowest BCUT2D eigenvalue weighted by molar-refractivity contribution is 1.18. The molecule has 0 bridgehead atoms. The zero-order chi connectivity index (χ0) is 28.3. The van der Waals surface area contributed by atoms with Crippen LogP contribution in [0.15, 0.2) is 158 Å². The van der Waals surface area contributed by atoms with E-state index in [0.29, 0.717) is 0 Å². The molecule has 9 rings (SSSR count). The molecule has 200 valence electrons. The van der Waals surface area contributed by atoms with Gasteiger partial charge in [-0.05, 0) is 80.7 Å². The second-order valence-electron chi connectivity index (χ2n) is 11.2. The van der Waals surface area contributed by atoms with E-state index in [2.05, 4.69) is 150 Å². The van der Waals surface area contributed by atoms with Crippen molar-refractivity contribution in [2.45, 2.75) is 0 Å². The fourth-order valence-corrected chi connectivity index (χ4v) is 6.94.